The molecule has 0 aromatic carbocycles. The average Bonchev–Trinajstić information content (AvgIpc) is 2.83. The molecule has 0 aliphatic rings. The largest absolute Gasteiger partial charge is 0.379 e. The van der Waals surface area contributed by atoms with Gasteiger partial charge in [-0.2, -0.15) is 0 Å². The van der Waals surface area contributed by atoms with Gasteiger partial charge in [-0.25, -0.2) is 0 Å². The number of rotatable bonds is 27. The van der Waals surface area contributed by atoms with Crippen molar-refractivity contribution in [2.24, 2.45) is 11.8 Å². The SMILES string of the molecule is CCC(C)C(=O)CCOCCOCCOCCOCCOCCOCCOCCC(=O)C(C)C. The number of carbonyl (C=O) groups excluding carboxylic acids is 2. The van der Waals surface area contributed by atoms with Crippen LogP contribution in [0.2, 0.25) is 0 Å². The molecule has 0 saturated heterocycles. The van der Waals surface area contributed by atoms with E-state index >= 15 is 0 Å². The first kappa shape index (κ1) is 33.1. The van der Waals surface area contributed by atoms with E-state index in [0.717, 1.165) is 6.42 Å². The zero-order valence-electron chi connectivity index (χ0n) is 21.8. The summed E-state index contributed by atoms with van der Waals surface area (Å²) in [7, 11) is 0. The van der Waals surface area contributed by atoms with Crippen molar-refractivity contribution in [2.75, 3.05) is 92.5 Å². The number of hydrogen-bond donors (Lipinski definition) is 0. The van der Waals surface area contributed by atoms with Gasteiger partial charge in [0.25, 0.3) is 0 Å². The van der Waals surface area contributed by atoms with Crippen molar-refractivity contribution in [3.63, 3.8) is 0 Å². The third-order valence-electron chi connectivity index (χ3n) is 5.02. The van der Waals surface area contributed by atoms with Crippen LogP contribution in [-0.4, -0.2) is 104 Å². The van der Waals surface area contributed by atoms with Gasteiger partial charge in [-0.05, 0) is 6.42 Å². The standard InChI is InChI=1S/C25H48O9/c1-5-23(4)25(27)7-9-29-11-13-31-15-17-33-19-21-34-20-18-32-16-14-30-12-10-28-8-6-24(26)22(2)3/h22-23H,5-21H2,1-4H3. The Morgan fingerprint density at radius 3 is 1.00 bits per heavy atom. The molecule has 202 valence electrons. The Kier molecular flexibility index (Phi) is 24.5. The van der Waals surface area contributed by atoms with Gasteiger partial charge >= 0.3 is 0 Å². The molecule has 9 heteroatoms. The van der Waals surface area contributed by atoms with Crippen LogP contribution in [0.1, 0.15) is 47.0 Å². The molecule has 34 heavy (non-hydrogen) atoms. The summed E-state index contributed by atoms with van der Waals surface area (Å²) >= 11 is 0. The van der Waals surface area contributed by atoms with Gasteiger partial charge in [0.15, 0.2) is 0 Å². The number of ketones is 2. The molecular weight excluding hydrogens is 444 g/mol. The van der Waals surface area contributed by atoms with Crippen molar-refractivity contribution in [1.82, 2.24) is 0 Å². The predicted octanol–water partition coefficient (Wildman–Crippen LogP) is 2.72. The molecule has 1 atom stereocenters. The first-order chi connectivity index (χ1) is 16.5. The third kappa shape index (κ3) is 22.8. The van der Waals surface area contributed by atoms with Gasteiger partial charge in [-0.15, -0.1) is 0 Å². The first-order valence-electron chi connectivity index (χ1n) is 12.6. The van der Waals surface area contributed by atoms with Crippen LogP contribution in [0.25, 0.3) is 0 Å². The Hall–Kier alpha value is -0.940. The summed E-state index contributed by atoms with van der Waals surface area (Å²) in [5.74, 6) is 0.654. The lowest BCUT2D eigenvalue weighted by atomic mass is 10.0. The lowest BCUT2D eigenvalue weighted by molar-refractivity contribution is -0.124. The van der Waals surface area contributed by atoms with Crippen molar-refractivity contribution >= 4 is 11.6 Å². The summed E-state index contributed by atoms with van der Waals surface area (Å²) in [5.41, 5.74) is 0. The lowest BCUT2D eigenvalue weighted by Crippen LogP contribution is -2.15. The summed E-state index contributed by atoms with van der Waals surface area (Å²) in [6, 6.07) is 0. The minimum Gasteiger partial charge on any atom is -0.379 e. The van der Waals surface area contributed by atoms with Gasteiger partial charge in [0.2, 0.25) is 0 Å². The molecule has 0 aliphatic heterocycles. The van der Waals surface area contributed by atoms with E-state index < -0.39 is 0 Å². The van der Waals surface area contributed by atoms with E-state index in [1.165, 1.54) is 0 Å². The van der Waals surface area contributed by atoms with Crippen LogP contribution in [0.5, 0.6) is 0 Å². The molecule has 0 aromatic heterocycles. The fourth-order valence-electron chi connectivity index (χ4n) is 2.53. The summed E-state index contributed by atoms with van der Waals surface area (Å²) < 4.78 is 37.9. The van der Waals surface area contributed by atoms with Crippen molar-refractivity contribution in [3.8, 4) is 0 Å². The molecule has 1 unspecified atom stereocenters. The number of hydrogen-bond acceptors (Lipinski definition) is 9. The van der Waals surface area contributed by atoms with Gasteiger partial charge in [0, 0.05) is 24.7 Å². The molecule has 0 bridgehead atoms. The maximum Gasteiger partial charge on any atom is 0.137 e. The van der Waals surface area contributed by atoms with Crippen molar-refractivity contribution < 1.29 is 42.7 Å². The second kappa shape index (κ2) is 25.2. The van der Waals surface area contributed by atoms with Crippen LogP contribution >= 0.6 is 0 Å². The molecule has 0 saturated carbocycles. The Morgan fingerprint density at radius 1 is 0.471 bits per heavy atom. The number of carbonyl (C=O) groups is 2. The van der Waals surface area contributed by atoms with Crippen molar-refractivity contribution in [1.29, 1.82) is 0 Å². The van der Waals surface area contributed by atoms with Crippen LogP contribution < -0.4 is 0 Å². The zero-order chi connectivity index (χ0) is 25.3. The highest BCUT2D eigenvalue weighted by Crippen LogP contribution is 2.04. The summed E-state index contributed by atoms with van der Waals surface area (Å²) in [6.07, 6.45) is 1.80. The Morgan fingerprint density at radius 2 is 0.735 bits per heavy atom. The predicted molar refractivity (Wildman–Crippen MR) is 129 cm³/mol. The summed E-state index contributed by atoms with van der Waals surface area (Å²) in [4.78, 5) is 23.1. The van der Waals surface area contributed by atoms with E-state index in [0.29, 0.717) is 105 Å². The molecule has 0 rings (SSSR count). The lowest BCUT2D eigenvalue weighted by Gasteiger charge is -2.09. The van der Waals surface area contributed by atoms with E-state index in [-0.39, 0.29) is 23.4 Å². The van der Waals surface area contributed by atoms with Crippen LogP contribution in [0.15, 0.2) is 0 Å². The van der Waals surface area contributed by atoms with Crippen LogP contribution in [-0.2, 0) is 42.7 Å². The van der Waals surface area contributed by atoms with E-state index in [1.807, 2.05) is 27.7 Å². The van der Waals surface area contributed by atoms with Gasteiger partial charge in [0.05, 0.1) is 92.5 Å². The second-order valence-electron chi connectivity index (χ2n) is 8.18. The summed E-state index contributed by atoms with van der Waals surface area (Å²) in [5, 5.41) is 0. The van der Waals surface area contributed by atoms with E-state index in [1.54, 1.807) is 0 Å². The molecule has 0 amide bonds. The van der Waals surface area contributed by atoms with Gasteiger partial charge in [0.1, 0.15) is 11.6 Å². The fraction of sp³-hybridized carbons (Fsp3) is 0.920. The molecule has 0 heterocycles. The molecule has 0 N–H and O–H groups in total. The highest BCUT2D eigenvalue weighted by Gasteiger charge is 2.09. The Bertz CT molecular complexity index is 471. The molecule has 0 spiro atoms. The highest BCUT2D eigenvalue weighted by molar-refractivity contribution is 5.80. The van der Waals surface area contributed by atoms with E-state index in [4.69, 9.17) is 33.2 Å². The molecule has 9 nitrogen and oxygen atoms in total. The minimum absolute atomic E-state index is 0.0639. The summed E-state index contributed by atoms with van der Waals surface area (Å²) in [6.45, 7) is 14.6. The van der Waals surface area contributed by atoms with E-state index in [2.05, 4.69) is 0 Å². The zero-order valence-corrected chi connectivity index (χ0v) is 21.8. The van der Waals surface area contributed by atoms with Crippen LogP contribution in [0.4, 0.5) is 0 Å². The quantitative estimate of drug-likeness (QED) is 0.160. The number of ether oxygens (including phenoxy) is 7. The number of Topliss-reactive ketones (excluding diaryl/α,β-unsaturated/α-hetero) is 2. The highest BCUT2D eigenvalue weighted by atomic mass is 16.6. The molecule has 0 fully saturated rings. The Labute approximate surface area is 206 Å². The Balaban J connectivity index is 3.13. The molecule has 0 aromatic rings. The first-order valence-corrected chi connectivity index (χ1v) is 12.6. The minimum atomic E-state index is 0.0639. The maximum atomic E-state index is 11.7. The van der Waals surface area contributed by atoms with Crippen LogP contribution in [0.3, 0.4) is 0 Å². The normalized spacial score (nSPS) is 12.4. The molecule has 0 radical (unpaired) electrons. The van der Waals surface area contributed by atoms with Gasteiger partial charge < -0.3 is 33.2 Å². The van der Waals surface area contributed by atoms with E-state index in [9.17, 15) is 9.59 Å². The van der Waals surface area contributed by atoms with Crippen LogP contribution in [0, 0.1) is 11.8 Å². The van der Waals surface area contributed by atoms with Crippen molar-refractivity contribution in [3.05, 3.63) is 0 Å². The maximum absolute atomic E-state index is 11.7. The average molecular weight is 493 g/mol. The fourth-order valence-corrected chi connectivity index (χ4v) is 2.53. The smallest absolute Gasteiger partial charge is 0.137 e. The van der Waals surface area contributed by atoms with Gasteiger partial charge in [-0.3, -0.25) is 9.59 Å². The molecule has 0 aliphatic carbocycles. The third-order valence-corrected chi connectivity index (χ3v) is 5.02. The van der Waals surface area contributed by atoms with Crippen molar-refractivity contribution in [2.45, 2.75) is 47.0 Å². The second-order valence-corrected chi connectivity index (χ2v) is 8.18. The topological polar surface area (TPSA) is 98.8 Å². The monoisotopic (exact) mass is 492 g/mol. The molecular formula is C25H48O9. The van der Waals surface area contributed by atoms with Gasteiger partial charge in [-0.1, -0.05) is 27.7 Å².